The van der Waals surface area contributed by atoms with Gasteiger partial charge in [0.1, 0.15) is 16.0 Å². The quantitative estimate of drug-likeness (QED) is 0.800. The molecular weight excluding hydrogens is 276 g/mol. The number of aromatic nitrogens is 3. The standard InChI is InChI=1S/C10H7ClN4S2/c11-6-1-2-7-10(15-17-14-7)9(6)13-5-8-12-3-4-16-8/h1-4,13H,5H2. The van der Waals surface area contributed by atoms with Crippen LogP contribution in [0.15, 0.2) is 23.7 Å². The Labute approximate surface area is 111 Å². The fraction of sp³-hybridized carbons (Fsp3) is 0.100. The lowest BCUT2D eigenvalue weighted by Crippen LogP contribution is -2.00. The molecule has 0 aliphatic heterocycles. The Morgan fingerprint density at radius 2 is 2.24 bits per heavy atom. The van der Waals surface area contributed by atoms with Crippen molar-refractivity contribution in [1.29, 1.82) is 0 Å². The van der Waals surface area contributed by atoms with Crippen LogP contribution in [0.5, 0.6) is 0 Å². The Balaban J connectivity index is 1.93. The van der Waals surface area contributed by atoms with E-state index in [1.165, 1.54) is 11.7 Å². The molecule has 0 radical (unpaired) electrons. The van der Waals surface area contributed by atoms with Gasteiger partial charge >= 0.3 is 0 Å². The average molecular weight is 283 g/mol. The number of hydrogen-bond acceptors (Lipinski definition) is 6. The number of hydrogen-bond donors (Lipinski definition) is 1. The molecule has 0 saturated heterocycles. The van der Waals surface area contributed by atoms with E-state index in [4.69, 9.17) is 11.6 Å². The summed E-state index contributed by atoms with van der Waals surface area (Å²) < 4.78 is 8.43. The maximum atomic E-state index is 6.16. The van der Waals surface area contributed by atoms with Crippen molar-refractivity contribution in [3.05, 3.63) is 33.7 Å². The molecule has 0 atom stereocenters. The zero-order chi connectivity index (χ0) is 11.7. The molecule has 0 saturated carbocycles. The van der Waals surface area contributed by atoms with E-state index >= 15 is 0 Å². The SMILES string of the molecule is Clc1ccc2nsnc2c1NCc1nccs1. The molecule has 0 unspecified atom stereocenters. The molecule has 1 N–H and O–H groups in total. The molecule has 2 heterocycles. The highest BCUT2D eigenvalue weighted by Crippen LogP contribution is 2.30. The molecule has 17 heavy (non-hydrogen) atoms. The lowest BCUT2D eigenvalue weighted by Gasteiger charge is -2.06. The summed E-state index contributed by atoms with van der Waals surface area (Å²) in [5.41, 5.74) is 2.51. The zero-order valence-corrected chi connectivity index (χ0v) is 10.9. The third-order valence-electron chi connectivity index (χ3n) is 2.28. The summed E-state index contributed by atoms with van der Waals surface area (Å²) in [7, 11) is 0. The third kappa shape index (κ3) is 2.11. The summed E-state index contributed by atoms with van der Waals surface area (Å²) in [6.45, 7) is 0.647. The van der Waals surface area contributed by atoms with Crippen LogP contribution < -0.4 is 5.32 Å². The number of fused-ring (bicyclic) bond motifs is 1. The van der Waals surface area contributed by atoms with Gasteiger partial charge < -0.3 is 5.32 Å². The van der Waals surface area contributed by atoms with E-state index in [1.807, 2.05) is 17.5 Å². The first-order valence-corrected chi connectivity index (χ1v) is 6.86. The number of nitrogens with one attached hydrogen (secondary N) is 1. The minimum absolute atomic E-state index is 0.647. The average Bonchev–Trinajstić information content (AvgIpc) is 2.97. The van der Waals surface area contributed by atoms with Crippen molar-refractivity contribution in [2.45, 2.75) is 6.54 Å². The Bertz CT molecular complexity index is 635. The van der Waals surface area contributed by atoms with Crippen molar-refractivity contribution in [3.63, 3.8) is 0 Å². The largest absolute Gasteiger partial charge is 0.375 e. The number of halogens is 1. The molecule has 0 bridgehead atoms. The predicted molar refractivity (Wildman–Crippen MR) is 71.9 cm³/mol. The van der Waals surface area contributed by atoms with Crippen LogP contribution in [-0.2, 0) is 6.54 Å². The minimum atomic E-state index is 0.647. The lowest BCUT2D eigenvalue weighted by atomic mass is 10.2. The maximum Gasteiger partial charge on any atom is 0.129 e. The van der Waals surface area contributed by atoms with E-state index in [0.717, 1.165) is 21.7 Å². The van der Waals surface area contributed by atoms with Gasteiger partial charge in [-0.15, -0.1) is 11.3 Å². The van der Waals surface area contributed by atoms with Crippen LogP contribution >= 0.6 is 34.7 Å². The Kier molecular flexibility index (Phi) is 2.92. The van der Waals surface area contributed by atoms with Gasteiger partial charge in [-0.3, -0.25) is 0 Å². The van der Waals surface area contributed by atoms with Crippen molar-refractivity contribution >= 4 is 51.4 Å². The summed E-state index contributed by atoms with van der Waals surface area (Å²) in [5, 5.41) is 6.88. The minimum Gasteiger partial charge on any atom is -0.375 e. The summed E-state index contributed by atoms with van der Waals surface area (Å²) >= 11 is 8.95. The first-order chi connectivity index (χ1) is 8.34. The Morgan fingerprint density at radius 1 is 1.29 bits per heavy atom. The highest BCUT2D eigenvalue weighted by Gasteiger charge is 2.09. The van der Waals surface area contributed by atoms with Crippen molar-refractivity contribution < 1.29 is 0 Å². The summed E-state index contributed by atoms with van der Waals surface area (Å²) in [4.78, 5) is 4.21. The second-order valence-electron chi connectivity index (χ2n) is 3.33. The molecule has 0 fully saturated rings. The number of anilines is 1. The highest BCUT2D eigenvalue weighted by atomic mass is 35.5. The fourth-order valence-corrected chi connectivity index (χ4v) is 2.82. The van der Waals surface area contributed by atoms with Gasteiger partial charge in [0.15, 0.2) is 0 Å². The molecule has 86 valence electrons. The molecule has 0 spiro atoms. The van der Waals surface area contributed by atoms with E-state index in [0.29, 0.717) is 11.6 Å². The van der Waals surface area contributed by atoms with Gasteiger partial charge in [0.05, 0.1) is 29.0 Å². The molecule has 3 rings (SSSR count). The van der Waals surface area contributed by atoms with Crippen LogP contribution in [0.3, 0.4) is 0 Å². The van der Waals surface area contributed by atoms with Gasteiger partial charge in [0.2, 0.25) is 0 Å². The van der Waals surface area contributed by atoms with Gasteiger partial charge in [0.25, 0.3) is 0 Å². The molecule has 0 amide bonds. The molecule has 4 nitrogen and oxygen atoms in total. The van der Waals surface area contributed by atoms with Crippen molar-refractivity contribution in [2.24, 2.45) is 0 Å². The third-order valence-corrected chi connectivity index (χ3v) is 3.91. The van der Waals surface area contributed by atoms with E-state index in [1.54, 1.807) is 17.5 Å². The summed E-state index contributed by atoms with van der Waals surface area (Å²) in [5.74, 6) is 0. The van der Waals surface area contributed by atoms with Gasteiger partial charge in [-0.2, -0.15) is 8.75 Å². The first kappa shape index (κ1) is 10.9. The van der Waals surface area contributed by atoms with Gasteiger partial charge in [-0.05, 0) is 12.1 Å². The van der Waals surface area contributed by atoms with Gasteiger partial charge in [0, 0.05) is 11.6 Å². The summed E-state index contributed by atoms with van der Waals surface area (Å²) in [6.07, 6.45) is 1.79. The second kappa shape index (κ2) is 4.56. The number of thiazole rings is 1. The van der Waals surface area contributed by atoms with E-state index in [9.17, 15) is 0 Å². The van der Waals surface area contributed by atoms with Crippen LogP contribution in [0.2, 0.25) is 5.02 Å². The van der Waals surface area contributed by atoms with Crippen LogP contribution in [0.25, 0.3) is 11.0 Å². The number of nitrogens with zero attached hydrogens (tertiary/aromatic N) is 3. The van der Waals surface area contributed by atoms with Gasteiger partial charge in [-0.1, -0.05) is 11.6 Å². The Hall–Kier alpha value is -1.24. The lowest BCUT2D eigenvalue weighted by molar-refractivity contribution is 1.11. The zero-order valence-electron chi connectivity index (χ0n) is 8.55. The van der Waals surface area contributed by atoms with Crippen molar-refractivity contribution in [1.82, 2.24) is 13.7 Å². The van der Waals surface area contributed by atoms with E-state index in [2.05, 4.69) is 19.0 Å². The number of benzene rings is 1. The topological polar surface area (TPSA) is 50.7 Å². The molecule has 0 aliphatic rings. The van der Waals surface area contributed by atoms with E-state index < -0.39 is 0 Å². The molecule has 0 aliphatic carbocycles. The van der Waals surface area contributed by atoms with Crippen molar-refractivity contribution in [2.75, 3.05) is 5.32 Å². The van der Waals surface area contributed by atoms with Crippen LogP contribution in [0.1, 0.15) is 5.01 Å². The van der Waals surface area contributed by atoms with Crippen LogP contribution in [0.4, 0.5) is 5.69 Å². The number of rotatable bonds is 3. The Morgan fingerprint density at radius 3 is 3.06 bits per heavy atom. The van der Waals surface area contributed by atoms with Crippen LogP contribution in [0, 0.1) is 0 Å². The monoisotopic (exact) mass is 282 g/mol. The molecular formula is C10H7ClN4S2. The second-order valence-corrected chi connectivity index (χ2v) is 5.25. The van der Waals surface area contributed by atoms with Gasteiger partial charge in [-0.25, -0.2) is 4.98 Å². The molecule has 7 heteroatoms. The smallest absolute Gasteiger partial charge is 0.129 e. The van der Waals surface area contributed by atoms with E-state index in [-0.39, 0.29) is 0 Å². The predicted octanol–water partition coefficient (Wildman–Crippen LogP) is 3.41. The normalized spacial score (nSPS) is 10.9. The highest BCUT2D eigenvalue weighted by molar-refractivity contribution is 7.09. The van der Waals surface area contributed by atoms with Crippen molar-refractivity contribution in [3.8, 4) is 0 Å². The summed E-state index contributed by atoms with van der Waals surface area (Å²) in [6, 6.07) is 3.70. The maximum absolute atomic E-state index is 6.16. The molecule has 2 aromatic heterocycles. The molecule has 3 aromatic rings. The fourth-order valence-electron chi connectivity index (χ4n) is 1.50. The molecule has 1 aromatic carbocycles. The van der Waals surface area contributed by atoms with Crippen LogP contribution in [-0.4, -0.2) is 13.7 Å². The first-order valence-electron chi connectivity index (χ1n) is 4.87.